The molecule has 2 rings (SSSR count). The maximum absolute atomic E-state index is 5.88. The molecule has 1 unspecified atom stereocenters. The van der Waals surface area contributed by atoms with Gasteiger partial charge >= 0.3 is 0 Å². The van der Waals surface area contributed by atoms with E-state index in [9.17, 15) is 0 Å². The minimum absolute atomic E-state index is 0.0181. The molecule has 78 valence electrons. The van der Waals surface area contributed by atoms with Gasteiger partial charge in [0.15, 0.2) is 0 Å². The van der Waals surface area contributed by atoms with Gasteiger partial charge in [0, 0.05) is 18.0 Å². The Bertz CT molecular complexity index is 422. The lowest BCUT2D eigenvalue weighted by Gasteiger charge is -2.03. The molecule has 0 aliphatic rings. The van der Waals surface area contributed by atoms with Gasteiger partial charge in [-0.25, -0.2) is 0 Å². The van der Waals surface area contributed by atoms with Crippen molar-refractivity contribution >= 4 is 0 Å². The molecular weight excluding hydrogens is 188 g/mol. The van der Waals surface area contributed by atoms with E-state index < -0.39 is 0 Å². The molecule has 0 amide bonds. The summed E-state index contributed by atoms with van der Waals surface area (Å²) >= 11 is 0. The van der Waals surface area contributed by atoms with E-state index in [1.54, 1.807) is 12.4 Å². The molecule has 0 fully saturated rings. The zero-order valence-corrected chi connectivity index (χ0v) is 8.68. The highest BCUT2D eigenvalue weighted by molar-refractivity contribution is 5.55. The number of pyridine rings is 1. The molecule has 0 spiro atoms. The van der Waals surface area contributed by atoms with Crippen LogP contribution in [0.1, 0.15) is 25.1 Å². The number of rotatable bonds is 3. The van der Waals surface area contributed by atoms with Gasteiger partial charge in [0.05, 0.1) is 6.04 Å². The number of hydrogen-bond donors (Lipinski definition) is 1. The fourth-order valence-electron chi connectivity index (χ4n) is 1.42. The maximum atomic E-state index is 5.88. The van der Waals surface area contributed by atoms with Gasteiger partial charge in [-0.2, -0.15) is 0 Å². The van der Waals surface area contributed by atoms with E-state index in [1.807, 2.05) is 31.2 Å². The number of nitrogens with zero attached hydrogens (tertiary/aromatic N) is 1. The molecule has 0 saturated heterocycles. The topological polar surface area (TPSA) is 52.0 Å². The molecular formula is C12H14N2O. The van der Waals surface area contributed by atoms with E-state index in [1.165, 1.54) is 0 Å². The molecule has 0 aromatic carbocycles. The highest BCUT2D eigenvalue weighted by Gasteiger charge is 2.09. The Morgan fingerprint density at radius 3 is 2.93 bits per heavy atom. The van der Waals surface area contributed by atoms with Crippen LogP contribution in [0.25, 0.3) is 11.3 Å². The van der Waals surface area contributed by atoms with Crippen molar-refractivity contribution in [1.82, 2.24) is 4.98 Å². The zero-order chi connectivity index (χ0) is 10.7. The lowest BCUT2D eigenvalue weighted by atomic mass is 10.2. The van der Waals surface area contributed by atoms with Crippen LogP contribution in [0, 0.1) is 0 Å². The predicted molar refractivity (Wildman–Crippen MR) is 59.2 cm³/mol. The molecule has 2 aromatic rings. The van der Waals surface area contributed by atoms with E-state index in [2.05, 4.69) is 4.98 Å². The summed E-state index contributed by atoms with van der Waals surface area (Å²) in [5.74, 6) is 1.65. The van der Waals surface area contributed by atoms with Crippen LogP contribution in [0.4, 0.5) is 0 Å². The van der Waals surface area contributed by atoms with Crippen molar-refractivity contribution < 1.29 is 4.42 Å². The summed E-state index contributed by atoms with van der Waals surface area (Å²) in [5, 5.41) is 0. The molecule has 0 bridgehead atoms. The van der Waals surface area contributed by atoms with Crippen molar-refractivity contribution in [2.75, 3.05) is 0 Å². The zero-order valence-electron chi connectivity index (χ0n) is 8.68. The van der Waals surface area contributed by atoms with E-state index >= 15 is 0 Å². The fraction of sp³-hybridized carbons (Fsp3) is 0.250. The van der Waals surface area contributed by atoms with Crippen LogP contribution in [-0.2, 0) is 0 Å². The first-order valence-corrected chi connectivity index (χ1v) is 5.07. The Hall–Kier alpha value is -1.61. The van der Waals surface area contributed by atoms with Crippen LogP contribution in [0.15, 0.2) is 41.1 Å². The van der Waals surface area contributed by atoms with Gasteiger partial charge < -0.3 is 10.2 Å². The molecule has 2 aromatic heterocycles. The van der Waals surface area contributed by atoms with Gasteiger partial charge in [-0.05, 0) is 30.7 Å². The second-order valence-electron chi connectivity index (χ2n) is 3.46. The van der Waals surface area contributed by atoms with Gasteiger partial charge in [0.1, 0.15) is 11.5 Å². The standard InChI is InChI=1S/C12H14N2O/c1-2-10(13)12-6-5-11(15-12)9-4-3-7-14-8-9/h3-8,10H,2,13H2,1H3. The Labute approximate surface area is 88.9 Å². The second-order valence-corrected chi connectivity index (χ2v) is 3.46. The van der Waals surface area contributed by atoms with Crippen molar-refractivity contribution in [3.63, 3.8) is 0 Å². The number of furan rings is 1. The van der Waals surface area contributed by atoms with Crippen LogP contribution < -0.4 is 5.73 Å². The SMILES string of the molecule is CCC(N)c1ccc(-c2cccnc2)o1. The first kappa shape index (κ1) is 9.93. The van der Waals surface area contributed by atoms with Crippen LogP contribution >= 0.6 is 0 Å². The second kappa shape index (κ2) is 4.28. The normalized spacial score (nSPS) is 12.7. The molecule has 2 heterocycles. The van der Waals surface area contributed by atoms with Crippen molar-refractivity contribution in [1.29, 1.82) is 0 Å². The summed E-state index contributed by atoms with van der Waals surface area (Å²) in [4.78, 5) is 4.04. The van der Waals surface area contributed by atoms with Crippen molar-refractivity contribution in [2.24, 2.45) is 5.73 Å². The van der Waals surface area contributed by atoms with E-state index in [0.29, 0.717) is 0 Å². The Balaban J connectivity index is 2.28. The summed E-state index contributed by atoms with van der Waals surface area (Å²) in [7, 11) is 0. The predicted octanol–water partition coefficient (Wildman–Crippen LogP) is 2.75. The molecule has 3 nitrogen and oxygen atoms in total. The minimum Gasteiger partial charge on any atom is -0.459 e. The third kappa shape index (κ3) is 2.07. The number of hydrogen-bond acceptors (Lipinski definition) is 3. The monoisotopic (exact) mass is 202 g/mol. The summed E-state index contributed by atoms with van der Waals surface area (Å²) in [5.41, 5.74) is 6.86. The van der Waals surface area contributed by atoms with Crippen LogP contribution in [-0.4, -0.2) is 4.98 Å². The van der Waals surface area contributed by atoms with E-state index in [0.717, 1.165) is 23.5 Å². The van der Waals surface area contributed by atoms with Crippen LogP contribution in [0.5, 0.6) is 0 Å². The van der Waals surface area contributed by atoms with Gasteiger partial charge in [0.25, 0.3) is 0 Å². The molecule has 3 heteroatoms. The molecule has 0 aliphatic heterocycles. The summed E-state index contributed by atoms with van der Waals surface area (Å²) in [6.07, 6.45) is 4.39. The highest BCUT2D eigenvalue weighted by Crippen LogP contribution is 2.24. The average Bonchev–Trinajstić information content (AvgIpc) is 2.78. The Morgan fingerprint density at radius 2 is 2.27 bits per heavy atom. The Morgan fingerprint density at radius 1 is 1.40 bits per heavy atom. The maximum Gasteiger partial charge on any atom is 0.135 e. The van der Waals surface area contributed by atoms with Gasteiger partial charge in [-0.1, -0.05) is 6.92 Å². The van der Waals surface area contributed by atoms with E-state index in [-0.39, 0.29) is 6.04 Å². The van der Waals surface area contributed by atoms with Crippen LogP contribution in [0.3, 0.4) is 0 Å². The molecule has 0 radical (unpaired) electrons. The average molecular weight is 202 g/mol. The Kier molecular flexibility index (Phi) is 2.83. The fourth-order valence-corrected chi connectivity index (χ4v) is 1.42. The summed E-state index contributed by atoms with van der Waals surface area (Å²) < 4.78 is 5.66. The highest BCUT2D eigenvalue weighted by atomic mass is 16.3. The van der Waals surface area contributed by atoms with Gasteiger partial charge in [0.2, 0.25) is 0 Å². The molecule has 2 N–H and O–H groups in total. The lowest BCUT2D eigenvalue weighted by molar-refractivity contribution is 0.470. The quantitative estimate of drug-likeness (QED) is 0.832. The summed E-state index contributed by atoms with van der Waals surface area (Å²) in [6.45, 7) is 2.04. The van der Waals surface area contributed by atoms with Gasteiger partial charge in [-0.3, -0.25) is 4.98 Å². The smallest absolute Gasteiger partial charge is 0.135 e. The van der Waals surface area contributed by atoms with Crippen molar-refractivity contribution in [3.8, 4) is 11.3 Å². The van der Waals surface area contributed by atoms with Crippen molar-refractivity contribution in [2.45, 2.75) is 19.4 Å². The largest absolute Gasteiger partial charge is 0.459 e. The van der Waals surface area contributed by atoms with Gasteiger partial charge in [-0.15, -0.1) is 0 Å². The lowest BCUT2D eigenvalue weighted by Crippen LogP contribution is -2.06. The first-order valence-electron chi connectivity index (χ1n) is 5.07. The minimum atomic E-state index is -0.0181. The van der Waals surface area contributed by atoms with Crippen molar-refractivity contribution in [3.05, 3.63) is 42.4 Å². The molecule has 15 heavy (non-hydrogen) atoms. The number of nitrogens with two attached hydrogens (primary N) is 1. The van der Waals surface area contributed by atoms with Crippen LogP contribution in [0.2, 0.25) is 0 Å². The summed E-state index contributed by atoms with van der Waals surface area (Å²) in [6, 6.07) is 7.69. The molecule has 0 aliphatic carbocycles. The number of aromatic nitrogens is 1. The first-order chi connectivity index (χ1) is 7.31. The molecule has 1 atom stereocenters. The third-order valence-corrected chi connectivity index (χ3v) is 2.38. The van der Waals surface area contributed by atoms with E-state index in [4.69, 9.17) is 10.2 Å². The third-order valence-electron chi connectivity index (χ3n) is 2.38. The molecule has 0 saturated carbocycles.